The van der Waals surface area contributed by atoms with E-state index in [4.69, 9.17) is 9.47 Å². The molecule has 116 valence electrons. The van der Waals surface area contributed by atoms with E-state index in [0.717, 1.165) is 37.3 Å². The molecule has 0 N–H and O–H groups in total. The summed E-state index contributed by atoms with van der Waals surface area (Å²) in [7, 11) is 1.76. The summed E-state index contributed by atoms with van der Waals surface area (Å²) in [6.45, 7) is 8.58. The van der Waals surface area contributed by atoms with Crippen LogP contribution in [0.15, 0.2) is 6.07 Å². The van der Waals surface area contributed by atoms with Crippen LogP contribution in [0.5, 0.6) is 0 Å². The molecule has 1 fully saturated rings. The molecule has 1 saturated heterocycles. The SMILES string of the molecule is COC1(Cn2c(C)cc3c2CC(C)(C)CC3=O)CCOC1. The molecular formula is C17H25NO3. The molecule has 0 spiro atoms. The summed E-state index contributed by atoms with van der Waals surface area (Å²) in [5.41, 5.74) is 3.03. The van der Waals surface area contributed by atoms with Crippen molar-refractivity contribution in [2.24, 2.45) is 5.41 Å². The van der Waals surface area contributed by atoms with Crippen molar-refractivity contribution in [2.45, 2.75) is 52.2 Å². The van der Waals surface area contributed by atoms with Gasteiger partial charge in [-0.15, -0.1) is 0 Å². The van der Waals surface area contributed by atoms with Crippen LogP contribution in [-0.2, 0) is 22.4 Å². The number of methoxy groups -OCH3 is 1. The number of rotatable bonds is 3. The minimum atomic E-state index is -0.248. The fourth-order valence-electron chi connectivity index (χ4n) is 3.65. The molecule has 1 aliphatic heterocycles. The van der Waals surface area contributed by atoms with E-state index >= 15 is 0 Å². The summed E-state index contributed by atoms with van der Waals surface area (Å²) in [6, 6.07) is 2.05. The Morgan fingerprint density at radius 2 is 2.14 bits per heavy atom. The molecule has 4 nitrogen and oxygen atoms in total. The van der Waals surface area contributed by atoms with Crippen molar-refractivity contribution in [1.29, 1.82) is 0 Å². The van der Waals surface area contributed by atoms with Crippen molar-refractivity contribution >= 4 is 5.78 Å². The van der Waals surface area contributed by atoms with E-state index in [-0.39, 0.29) is 16.8 Å². The highest BCUT2D eigenvalue weighted by Crippen LogP contribution is 2.37. The van der Waals surface area contributed by atoms with E-state index in [9.17, 15) is 4.79 Å². The Hall–Kier alpha value is -1.13. The van der Waals surface area contributed by atoms with Gasteiger partial charge < -0.3 is 14.0 Å². The van der Waals surface area contributed by atoms with Gasteiger partial charge in [-0.2, -0.15) is 0 Å². The summed E-state index contributed by atoms with van der Waals surface area (Å²) < 4.78 is 13.6. The number of ketones is 1. The smallest absolute Gasteiger partial charge is 0.165 e. The van der Waals surface area contributed by atoms with Crippen LogP contribution >= 0.6 is 0 Å². The monoisotopic (exact) mass is 291 g/mol. The number of carbonyl (C=O) groups excluding carboxylic acids is 1. The predicted molar refractivity (Wildman–Crippen MR) is 80.8 cm³/mol. The van der Waals surface area contributed by atoms with Crippen LogP contribution in [0.4, 0.5) is 0 Å². The fraction of sp³-hybridized carbons (Fsp3) is 0.706. The minimum absolute atomic E-state index is 0.0407. The molecule has 2 heterocycles. The third-order valence-corrected chi connectivity index (χ3v) is 4.95. The van der Waals surface area contributed by atoms with Crippen LogP contribution in [0, 0.1) is 12.3 Å². The Balaban J connectivity index is 1.99. The van der Waals surface area contributed by atoms with E-state index in [2.05, 4.69) is 25.3 Å². The zero-order chi connectivity index (χ0) is 15.3. The first-order valence-corrected chi connectivity index (χ1v) is 7.71. The summed E-state index contributed by atoms with van der Waals surface area (Å²) in [6.07, 6.45) is 2.50. The molecule has 0 aromatic carbocycles. The highest BCUT2D eigenvalue weighted by atomic mass is 16.5. The van der Waals surface area contributed by atoms with E-state index in [1.807, 2.05) is 6.07 Å². The number of hydrogen-bond donors (Lipinski definition) is 0. The van der Waals surface area contributed by atoms with Crippen LogP contribution in [0.2, 0.25) is 0 Å². The summed E-state index contributed by atoms with van der Waals surface area (Å²) >= 11 is 0. The predicted octanol–water partition coefficient (Wildman–Crippen LogP) is 2.76. The molecule has 0 radical (unpaired) electrons. The number of fused-ring (bicyclic) bond motifs is 1. The van der Waals surface area contributed by atoms with Crippen LogP contribution in [-0.4, -0.2) is 36.3 Å². The zero-order valence-corrected chi connectivity index (χ0v) is 13.5. The number of hydrogen-bond acceptors (Lipinski definition) is 3. The van der Waals surface area contributed by atoms with Crippen molar-refractivity contribution in [3.63, 3.8) is 0 Å². The van der Waals surface area contributed by atoms with Gasteiger partial charge in [0, 0.05) is 43.5 Å². The van der Waals surface area contributed by atoms with Gasteiger partial charge in [-0.05, 0) is 24.8 Å². The fourth-order valence-corrected chi connectivity index (χ4v) is 3.65. The minimum Gasteiger partial charge on any atom is -0.378 e. The molecule has 1 atom stereocenters. The van der Waals surface area contributed by atoms with Crippen molar-refractivity contribution in [3.05, 3.63) is 23.0 Å². The number of aromatic nitrogens is 1. The molecule has 1 aromatic rings. The summed E-state index contributed by atoms with van der Waals surface area (Å²) in [4.78, 5) is 12.4. The maximum absolute atomic E-state index is 12.4. The van der Waals surface area contributed by atoms with Gasteiger partial charge in [0.05, 0.1) is 13.2 Å². The normalized spacial score (nSPS) is 27.9. The van der Waals surface area contributed by atoms with E-state index in [1.165, 1.54) is 5.69 Å². The standard InChI is InChI=1S/C17H25NO3/c1-12-7-13-14(8-16(2,3)9-15(13)19)18(12)10-17(20-4)5-6-21-11-17/h7H,5-6,8-11H2,1-4H3. The second-order valence-electron chi connectivity index (χ2n) is 7.36. The molecule has 0 amide bonds. The van der Waals surface area contributed by atoms with E-state index in [1.54, 1.807) is 7.11 Å². The van der Waals surface area contributed by atoms with Gasteiger partial charge in [0.15, 0.2) is 5.78 Å². The number of aryl methyl sites for hydroxylation is 1. The largest absolute Gasteiger partial charge is 0.378 e. The van der Waals surface area contributed by atoms with E-state index < -0.39 is 0 Å². The van der Waals surface area contributed by atoms with E-state index in [0.29, 0.717) is 13.0 Å². The molecule has 21 heavy (non-hydrogen) atoms. The first-order chi connectivity index (χ1) is 9.86. The lowest BCUT2D eigenvalue weighted by atomic mass is 9.76. The second kappa shape index (κ2) is 4.96. The highest BCUT2D eigenvalue weighted by Gasteiger charge is 2.39. The Morgan fingerprint density at radius 1 is 1.38 bits per heavy atom. The van der Waals surface area contributed by atoms with Gasteiger partial charge in [-0.1, -0.05) is 13.8 Å². The van der Waals surface area contributed by atoms with Gasteiger partial charge in [-0.25, -0.2) is 0 Å². The first-order valence-electron chi connectivity index (χ1n) is 7.71. The molecule has 1 aromatic heterocycles. The van der Waals surface area contributed by atoms with Gasteiger partial charge in [0.2, 0.25) is 0 Å². The molecule has 0 bridgehead atoms. The molecule has 1 unspecified atom stereocenters. The lowest BCUT2D eigenvalue weighted by Crippen LogP contribution is -2.38. The average Bonchev–Trinajstić information content (AvgIpc) is 2.98. The van der Waals surface area contributed by atoms with Crippen molar-refractivity contribution in [2.75, 3.05) is 20.3 Å². The number of ether oxygens (including phenoxy) is 2. The lowest BCUT2D eigenvalue weighted by Gasteiger charge is -2.33. The molecular weight excluding hydrogens is 266 g/mol. The zero-order valence-electron chi connectivity index (χ0n) is 13.5. The van der Waals surface area contributed by atoms with Gasteiger partial charge in [0.1, 0.15) is 5.60 Å². The quantitative estimate of drug-likeness (QED) is 0.860. The van der Waals surface area contributed by atoms with Crippen LogP contribution in [0.1, 0.15) is 48.4 Å². The number of carbonyl (C=O) groups is 1. The molecule has 3 rings (SSSR count). The summed E-state index contributed by atoms with van der Waals surface area (Å²) in [5.74, 6) is 0.275. The van der Waals surface area contributed by atoms with Gasteiger partial charge in [0.25, 0.3) is 0 Å². The van der Waals surface area contributed by atoms with Crippen molar-refractivity contribution < 1.29 is 14.3 Å². The topological polar surface area (TPSA) is 40.5 Å². The maximum atomic E-state index is 12.4. The van der Waals surface area contributed by atoms with Crippen molar-refractivity contribution in [3.8, 4) is 0 Å². The first kappa shape index (κ1) is 14.8. The number of Topliss-reactive ketones (excluding diaryl/α,β-unsaturated/α-hetero) is 1. The molecule has 0 saturated carbocycles. The van der Waals surface area contributed by atoms with Crippen LogP contribution < -0.4 is 0 Å². The average molecular weight is 291 g/mol. The van der Waals surface area contributed by atoms with Crippen LogP contribution in [0.25, 0.3) is 0 Å². The second-order valence-corrected chi connectivity index (χ2v) is 7.36. The van der Waals surface area contributed by atoms with Gasteiger partial charge >= 0.3 is 0 Å². The Bertz CT molecular complexity index is 565. The third-order valence-electron chi connectivity index (χ3n) is 4.95. The Labute approximate surface area is 126 Å². The Morgan fingerprint density at radius 3 is 2.76 bits per heavy atom. The summed E-state index contributed by atoms with van der Waals surface area (Å²) in [5, 5.41) is 0. The van der Waals surface area contributed by atoms with Gasteiger partial charge in [-0.3, -0.25) is 4.79 Å². The molecule has 2 aliphatic rings. The Kier molecular flexibility index (Phi) is 3.49. The van der Waals surface area contributed by atoms with Crippen molar-refractivity contribution in [1.82, 2.24) is 4.57 Å². The third kappa shape index (κ3) is 2.55. The maximum Gasteiger partial charge on any atom is 0.165 e. The van der Waals surface area contributed by atoms with Crippen LogP contribution in [0.3, 0.4) is 0 Å². The molecule has 4 heteroatoms. The highest BCUT2D eigenvalue weighted by molar-refractivity contribution is 5.99. The number of nitrogens with zero attached hydrogens (tertiary/aromatic N) is 1. The molecule has 1 aliphatic carbocycles. The lowest BCUT2D eigenvalue weighted by molar-refractivity contribution is -0.0304.